The van der Waals surface area contributed by atoms with Gasteiger partial charge in [-0.05, 0) is 36.0 Å². The third kappa shape index (κ3) is 3.48. The molecule has 5 heteroatoms. The summed E-state index contributed by atoms with van der Waals surface area (Å²) in [6.07, 6.45) is 0. The molecule has 0 fully saturated rings. The Morgan fingerprint density at radius 2 is 1.95 bits per heavy atom. The topological polar surface area (TPSA) is 46.2 Å². The summed E-state index contributed by atoms with van der Waals surface area (Å²) in [5.41, 5.74) is 2.16. The van der Waals surface area contributed by atoms with Gasteiger partial charge >= 0.3 is 0 Å². The smallest absolute Gasteiger partial charge is 0.189 e. The lowest BCUT2D eigenvalue weighted by Crippen LogP contribution is -2.28. The van der Waals surface area contributed by atoms with Crippen LogP contribution in [0, 0.1) is 6.92 Å². The van der Waals surface area contributed by atoms with Gasteiger partial charge in [-0.1, -0.05) is 37.3 Å². The first-order chi connectivity index (χ1) is 9.54. The van der Waals surface area contributed by atoms with Crippen LogP contribution in [-0.2, 0) is 9.84 Å². The van der Waals surface area contributed by atoms with Crippen molar-refractivity contribution in [2.45, 2.75) is 24.1 Å². The van der Waals surface area contributed by atoms with Crippen LogP contribution in [0.1, 0.15) is 24.1 Å². The molecule has 0 saturated heterocycles. The van der Waals surface area contributed by atoms with Crippen LogP contribution in [0.4, 0.5) is 0 Å². The van der Waals surface area contributed by atoms with E-state index < -0.39 is 9.84 Å². The number of benzene rings is 1. The normalized spacial score (nSPS) is 13.3. The van der Waals surface area contributed by atoms with Crippen molar-refractivity contribution < 1.29 is 8.42 Å². The lowest BCUT2D eigenvalue weighted by molar-refractivity contribution is 0.559. The molecule has 108 valence electrons. The van der Waals surface area contributed by atoms with E-state index in [9.17, 15) is 8.42 Å². The predicted octanol–water partition coefficient (Wildman–Crippen LogP) is 3.18. The van der Waals surface area contributed by atoms with Crippen LogP contribution in [0.15, 0.2) is 46.0 Å². The minimum absolute atomic E-state index is 0.0895. The molecule has 0 aliphatic carbocycles. The predicted molar refractivity (Wildman–Crippen MR) is 84.0 cm³/mol. The number of aryl methyl sites for hydroxylation is 1. The number of thiophene rings is 1. The molecular formula is C15H19NO2S2. The van der Waals surface area contributed by atoms with E-state index in [0.717, 1.165) is 17.7 Å². The summed E-state index contributed by atoms with van der Waals surface area (Å²) in [7, 11) is -3.25. The molecule has 1 heterocycles. The largest absolute Gasteiger partial charge is 0.309 e. The van der Waals surface area contributed by atoms with Crippen LogP contribution in [-0.4, -0.2) is 20.7 Å². The van der Waals surface area contributed by atoms with Gasteiger partial charge in [0.1, 0.15) is 4.21 Å². The van der Waals surface area contributed by atoms with Gasteiger partial charge in [-0.15, -0.1) is 11.3 Å². The van der Waals surface area contributed by atoms with Crippen molar-refractivity contribution in [1.29, 1.82) is 0 Å². The quantitative estimate of drug-likeness (QED) is 0.891. The van der Waals surface area contributed by atoms with E-state index in [0.29, 0.717) is 4.21 Å². The third-order valence-electron chi connectivity index (χ3n) is 3.20. The summed E-state index contributed by atoms with van der Waals surface area (Å²) in [5.74, 6) is 0.0895. The van der Waals surface area contributed by atoms with Gasteiger partial charge in [0.15, 0.2) is 9.84 Å². The number of nitrogens with one attached hydrogen (secondary N) is 1. The van der Waals surface area contributed by atoms with Crippen molar-refractivity contribution in [3.8, 4) is 0 Å². The highest BCUT2D eigenvalue weighted by Crippen LogP contribution is 2.24. The van der Waals surface area contributed by atoms with Crippen molar-refractivity contribution in [2.75, 3.05) is 12.3 Å². The molecule has 1 atom stereocenters. The van der Waals surface area contributed by atoms with E-state index in [1.54, 1.807) is 17.5 Å². The molecule has 0 radical (unpaired) electrons. The Morgan fingerprint density at radius 1 is 1.20 bits per heavy atom. The minimum atomic E-state index is -3.25. The Morgan fingerprint density at radius 3 is 2.55 bits per heavy atom. The molecular weight excluding hydrogens is 290 g/mol. The van der Waals surface area contributed by atoms with Gasteiger partial charge < -0.3 is 5.32 Å². The first-order valence-corrected chi connectivity index (χ1v) is 9.13. The molecule has 2 aromatic rings. The number of rotatable bonds is 6. The van der Waals surface area contributed by atoms with Crippen molar-refractivity contribution >= 4 is 21.2 Å². The van der Waals surface area contributed by atoms with E-state index in [4.69, 9.17) is 0 Å². The molecule has 0 saturated carbocycles. The van der Waals surface area contributed by atoms with Gasteiger partial charge in [0, 0.05) is 6.04 Å². The monoisotopic (exact) mass is 309 g/mol. The fraction of sp³-hybridized carbons (Fsp3) is 0.333. The molecule has 1 aromatic carbocycles. The molecule has 0 spiro atoms. The number of hydrogen-bond donors (Lipinski definition) is 1. The maximum absolute atomic E-state index is 12.4. The summed E-state index contributed by atoms with van der Waals surface area (Å²) in [4.78, 5) is 0. The van der Waals surface area contributed by atoms with Gasteiger partial charge in [-0.3, -0.25) is 0 Å². The number of hydrogen-bond acceptors (Lipinski definition) is 4. The van der Waals surface area contributed by atoms with Crippen molar-refractivity contribution in [3.05, 3.63) is 52.9 Å². The minimum Gasteiger partial charge on any atom is -0.309 e. The Labute approximate surface area is 124 Å². The maximum atomic E-state index is 12.4. The molecule has 1 unspecified atom stereocenters. The lowest BCUT2D eigenvalue weighted by atomic mass is 10.0. The van der Waals surface area contributed by atoms with Gasteiger partial charge in [0.25, 0.3) is 0 Å². The fourth-order valence-electron chi connectivity index (χ4n) is 2.22. The van der Waals surface area contributed by atoms with Crippen LogP contribution >= 0.6 is 11.3 Å². The summed E-state index contributed by atoms with van der Waals surface area (Å²) < 4.78 is 25.3. The highest BCUT2D eigenvalue weighted by molar-refractivity contribution is 7.93. The highest BCUT2D eigenvalue weighted by atomic mass is 32.2. The van der Waals surface area contributed by atoms with Gasteiger partial charge in [0.2, 0.25) is 0 Å². The zero-order valence-corrected chi connectivity index (χ0v) is 13.3. The van der Waals surface area contributed by atoms with Crippen LogP contribution in [0.25, 0.3) is 0 Å². The maximum Gasteiger partial charge on any atom is 0.189 e. The van der Waals surface area contributed by atoms with Crippen molar-refractivity contribution in [3.63, 3.8) is 0 Å². The van der Waals surface area contributed by atoms with Gasteiger partial charge in [0.05, 0.1) is 5.75 Å². The summed E-state index contributed by atoms with van der Waals surface area (Å²) in [5, 5.41) is 5.08. The van der Waals surface area contributed by atoms with Gasteiger partial charge in [-0.2, -0.15) is 0 Å². The van der Waals surface area contributed by atoms with Crippen LogP contribution in [0.5, 0.6) is 0 Å². The first kappa shape index (κ1) is 15.2. The fourth-order valence-corrected chi connectivity index (χ4v) is 4.82. The molecule has 0 aliphatic rings. The van der Waals surface area contributed by atoms with Crippen LogP contribution < -0.4 is 5.32 Å². The molecule has 0 aliphatic heterocycles. The third-order valence-corrected chi connectivity index (χ3v) is 6.44. The Bertz CT molecular complexity index is 648. The second-order valence-electron chi connectivity index (χ2n) is 4.68. The zero-order chi connectivity index (χ0) is 14.6. The van der Waals surface area contributed by atoms with E-state index in [-0.39, 0.29) is 11.8 Å². The Balaban J connectivity index is 2.29. The van der Waals surface area contributed by atoms with Crippen LogP contribution in [0.2, 0.25) is 0 Å². The van der Waals surface area contributed by atoms with E-state index >= 15 is 0 Å². The molecule has 3 nitrogen and oxygen atoms in total. The average molecular weight is 309 g/mol. The summed E-state index contributed by atoms with van der Waals surface area (Å²) >= 11 is 1.27. The molecule has 20 heavy (non-hydrogen) atoms. The lowest BCUT2D eigenvalue weighted by Gasteiger charge is -2.20. The van der Waals surface area contributed by atoms with Crippen LogP contribution in [0.3, 0.4) is 0 Å². The van der Waals surface area contributed by atoms with E-state index in [1.807, 2.05) is 38.1 Å². The van der Waals surface area contributed by atoms with Gasteiger partial charge in [-0.25, -0.2) is 8.42 Å². The van der Waals surface area contributed by atoms with E-state index in [1.165, 1.54) is 11.3 Å². The number of sulfone groups is 1. The first-order valence-electron chi connectivity index (χ1n) is 6.59. The average Bonchev–Trinajstić information content (AvgIpc) is 2.93. The van der Waals surface area contributed by atoms with Crippen molar-refractivity contribution in [1.82, 2.24) is 5.32 Å². The SMILES string of the molecule is CCNC(CS(=O)(=O)c1cccs1)c1ccccc1C. The molecule has 0 amide bonds. The molecule has 1 aromatic heterocycles. The van der Waals surface area contributed by atoms with Crippen molar-refractivity contribution in [2.24, 2.45) is 0 Å². The summed E-state index contributed by atoms with van der Waals surface area (Å²) in [6.45, 7) is 4.74. The molecule has 1 N–H and O–H groups in total. The second-order valence-corrected chi connectivity index (χ2v) is 7.89. The standard InChI is InChI=1S/C15H19NO2S2/c1-3-16-14(13-8-5-4-7-12(13)2)11-20(17,18)15-9-6-10-19-15/h4-10,14,16H,3,11H2,1-2H3. The Hall–Kier alpha value is -1.17. The molecule has 2 rings (SSSR count). The van der Waals surface area contributed by atoms with E-state index in [2.05, 4.69) is 5.32 Å². The Kier molecular flexibility index (Phi) is 4.96. The molecule has 0 bridgehead atoms. The second kappa shape index (κ2) is 6.52. The summed E-state index contributed by atoms with van der Waals surface area (Å²) in [6, 6.07) is 11.2. The zero-order valence-electron chi connectivity index (χ0n) is 11.7. The highest BCUT2D eigenvalue weighted by Gasteiger charge is 2.23.